The number of nitrogens with zero attached hydrogens (tertiary/aromatic N) is 2. The normalized spacial score (nSPS) is 15.9. The van der Waals surface area contributed by atoms with Gasteiger partial charge in [-0.15, -0.1) is 0 Å². The van der Waals surface area contributed by atoms with Gasteiger partial charge in [0.25, 0.3) is 0 Å². The average molecular weight is 296 g/mol. The maximum absolute atomic E-state index is 6.07. The SMILES string of the molecule is Clc1ccc(-n2ccnc2NC2CCCC2)cc1Cl. The standard InChI is InChI=1S/C14H15Cl2N3/c15-12-6-5-11(9-13(12)16)19-8-7-17-14(19)18-10-3-1-2-4-10/h5-10H,1-4H2,(H,17,18). The van der Waals surface area contributed by atoms with Crippen LogP contribution in [0.3, 0.4) is 0 Å². The summed E-state index contributed by atoms with van der Waals surface area (Å²) in [5.41, 5.74) is 0.965. The Bertz CT molecular complexity index is 574. The Morgan fingerprint density at radius 3 is 2.68 bits per heavy atom. The van der Waals surface area contributed by atoms with Crippen molar-refractivity contribution in [2.45, 2.75) is 31.7 Å². The van der Waals surface area contributed by atoms with Gasteiger partial charge in [-0.2, -0.15) is 0 Å². The van der Waals surface area contributed by atoms with Gasteiger partial charge in [-0.3, -0.25) is 4.57 Å². The third-order valence-electron chi connectivity index (χ3n) is 3.51. The van der Waals surface area contributed by atoms with Crippen molar-refractivity contribution in [3.05, 3.63) is 40.6 Å². The minimum absolute atomic E-state index is 0.531. The van der Waals surface area contributed by atoms with E-state index in [1.54, 1.807) is 12.3 Å². The summed E-state index contributed by atoms with van der Waals surface area (Å²) in [5.74, 6) is 0.866. The number of nitrogens with one attached hydrogen (secondary N) is 1. The van der Waals surface area contributed by atoms with Crippen molar-refractivity contribution in [3.8, 4) is 5.69 Å². The van der Waals surface area contributed by atoms with Crippen molar-refractivity contribution in [2.24, 2.45) is 0 Å². The van der Waals surface area contributed by atoms with E-state index in [0.29, 0.717) is 16.1 Å². The van der Waals surface area contributed by atoms with E-state index in [0.717, 1.165) is 11.6 Å². The molecule has 0 atom stereocenters. The third-order valence-corrected chi connectivity index (χ3v) is 4.25. The van der Waals surface area contributed by atoms with E-state index in [9.17, 15) is 0 Å². The van der Waals surface area contributed by atoms with Crippen molar-refractivity contribution in [1.29, 1.82) is 0 Å². The molecule has 0 saturated heterocycles. The highest BCUT2D eigenvalue weighted by Gasteiger charge is 2.17. The molecule has 2 aromatic rings. The van der Waals surface area contributed by atoms with E-state index >= 15 is 0 Å². The quantitative estimate of drug-likeness (QED) is 0.901. The fraction of sp³-hybridized carbons (Fsp3) is 0.357. The first-order valence-corrected chi connectivity index (χ1v) is 7.25. The molecule has 1 fully saturated rings. The average Bonchev–Trinajstić information content (AvgIpc) is 3.05. The van der Waals surface area contributed by atoms with E-state index in [1.165, 1.54) is 25.7 Å². The number of aromatic nitrogens is 2. The van der Waals surface area contributed by atoms with Gasteiger partial charge < -0.3 is 5.32 Å². The maximum atomic E-state index is 6.07. The molecule has 1 heterocycles. The number of halogens is 2. The molecule has 1 aliphatic rings. The lowest BCUT2D eigenvalue weighted by molar-refractivity contribution is 0.740. The minimum Gasteiger partial charge on any atom is -0.353 e. The van der Waals surface area contributed by atoms with Crippen LogP contribution in [0.4, 0.5) is 5.95 Å². The molecule has 1 saturated carbocycles. The molecular weight excluding hydrogens is 281 g/mol. The Morgan fingerprint density at radius 2 is 1.95 bits per heavy atom. The zero-order chi connectivity index (χ0) is 13.2. The van der Waals surface area contributed by atoms with Crippen molar-refractivity contribution >= 4 is 29.2 Å². The molecule has 1 aromatic heterocycles. The van der Waals surface area contributed by atoms with Gasteiger partial charge in [-0.25, -0.2) is 4.98 Å². The molecule has 0 radical (unpaired) electrons. The lowest BCUT2D eigenvalue weighted by Crippen LogP contribution is -2.17. The van der Waals surface area contributed by atoms with Gasteiger partial charge in [-0.05, 0) is 31.0 Å². The Hall–Kier alpha value is -1.19. The van der Waals surface area contributed by atoms with Gasteiger partial charge in [0, 0.05) is 18.4 Å². The van der Waals surface area contributed by atoms with Crippen LogP contribution in [0.2, 0.25) is 10.0 Å². The Kier molecular flexibility index (Phi) is 3.67. The van der Waals surface area contributed by atoms with E-state index in [-0.39, 0.29) is 0 Å². The number of imidazole rings is 1. The highest BCUT2D eigenvalue weighted by molar-refractivity contribution is 6.42. The van der Waals surface area contributed by atoms with Crippen LogP contribution in [0.25, 0.3) is 5.69 Å². The number of hydrogen-bond acceptors (Lipinski definition) is 2. The Morgan fingerprint density at radius 1 is 1.16 bits per heavy atom. The Labute approximate surface area is 122 Å². The summed E-state index contributed by atoms with van der Waals surface area (Å²) in [6.07, 6.45) is 8.75. The number of benzene rings is 1. The first-order valence-electron chi connectivity index (χ1n) is 6.49. The lowest BCUT2D eigenvalue weighted by Gasteiger charge is -2.15. The maximum Gasteiger partial charge on any atom is 0.207 e. The topological polar surface area (TPSA) is 29.9 Å². The van der Waals surface area contributed by atoms with E-state index < -0.39 is 0 Å². The molecule has 0 amide bonds. The predicted molar refractivity (Wildman–Crippen MR) is 79.5 cm³/mol. The first kappa shape index (κ1) is 12.8. The van der Waals surface area contributed by atoms with E-state index in [4.69, 9.17) is 23.2 Å². The molecule has 5 heteroatoms. The second kappa shape index (κ2) is 5.43. The summed E-state index contributed by atoms with van der Waals surface area (Å²) in [6, 6.07) is 6.13. The highest BCUT2D eigenvalue weighted by atomic mass is 35.5. The fourth-order valence-electron chi connectivity index (χ4n) is 2.51. The van der Waals surface area contributed by atoms with Gasteiger partial charge >= 0.3 is 0 Å². The van der Waals surface area contributed by atoms with E-state index in [1.807, 2.05) is 22.9 Å². The van der Waals surface area contributed by atoms with Crippen LogP contribution in [-0.2, 0) is 0 Å². The number of rotatable bonds is 3. The summed E-state index contributed by atoms with van der Waals surface area (Å²) < 4.78 is 2.00. The molecule has 0 unspecified atom stereocenters. The van der Waals surface area contributed by atoms with Crippen LogP contribution in [0, 0.1) is 0 Å². The molecule has 19 heavy (non-hydrogen) atoms. The van der Waals surface area contributed by atoms with Gasteiger partial charge in [0.2, 0.25) is 5.95 Å². The van der Waals surface area contributed by atoms with Gasteiger partial charge in [0.05, 0.1) is 15.7 Å². The summed E-state index contributed by atoms with van der Waals surface area (Å²) in [4.78, 5) is 4.38. The van der Waals surface area contributed by atoms with Crippen LogP contribution in [0.1, 0.15) is 25.7 Å². The van der Waals surface area contributed by atoms with Crippen LogP contribution in [0.15, 0.2) is 30.6 Å². The summed E-state index contributed by atoms with van der Waals surface area (Å²) in [5, 5.41) is 4.62. The second-order valence-corrected chi connectivity index (χ2v) is 5.66. The largest absolute Gasteiger partial charge is 0.353 e. The second-order valence-electron chi connectivity index (χ2n) is 4.84. The summed E-state index contributed by atoms with van der Waals surface area (Å²) in [7, 11) is 0. The monoisotopic (exact) mass is 295 g/mol. The Balaban J connectivity index is 1.87. The molecular formula is C14H15Cl2N3. The molecule has 1 aliphatic carbocycles. The molecule has 0 bridgehead atoms. The number of hydrogen-bond donors (Lipinski definition) is 1. The van der Waals surface area contributed by atoms with Crippen LogP contribution >= 0.6 is 23.2 Å². The first-order chi connectivity index (χ1) is 9.24. The zero-order valence-electron chi connectivity index (χ0n) is 10.4. The smallest absolute Gasteiger partial charge is 0.207 e. The molecule has 1 aromatic carbocycles. The van der Waals surface area contributed by atoms with Crippen molar-refractivity contribution in [3.63, 3.8) is 0 Å². The predicted octanol–water partition coefficient (Wildman–Crippen LogP) is 4.53. The lowest BCUT2D eigenvalue weighted by atomic mass is 10.2. The third kappa shape index (κ3) is 2.72. The minimum atomic E-state index is 0.531. The van der Waals surface area contributed by atoms with Crippen LogP contribution in [0.5, 0.6) is 0 Å². The van der Waals surface area contributed by atoms with Gasteiger partial charge in [0.15, 0.2) is 0 Å². The van der Waals surface area contributed by atoms with Crippen molar-refractivity contribution < 1.29 is 0 Å². The van der Waals surface area contributed by atoms with Crippen LogP contribution in [-0.4, -0.2) is 15.6 Å². The summed E-state index contributed by atoms with van der Waals surface area (Å²) in [6.45, 7) is 0. The fourth-order valence-corrected chi connectivity index (χ4v) is 2.80. The van der Waals surface area contributed by atoms with E-state index in [2.05, 4.69) is 10.3 Å². The number of anilines is 1. The molecule has 1 N–H and O–H groups in total. The molecule has 3 rings (SSSR count). The molecule has 0 spiro atoms. The van der Waals surface area contributed by atoms with Gasteiger partial charge in [0.1, 0.15) is 0 Å². The van der Waals surface area contributed by atoms with Crippen molar-refractivity contribution in [2.75, 3.05) is 5.32 Å². The summed E-state index contributed by atoms with van der Waals surface area (Å²) >= 11 is 12.0. The van der Waals surface area contributed by atoms with Crippen molar-refractivity contribution in [1.82, 2.24) is 9.55 Å². The highest BCUT2D eigenvalue weighted by Crippen LogP contribution is 2.27. The zero-order valence-corrected chi connectivity index (χ0v) is 12.0. The molecule has 100 valence electrons. The van der Waals surface area contributed by atoms with Crippen LogP contribution < -0.4 is 5.32 Å². The molecule has 3 nitrogen and oxygen atoms in total. The molecule has 0 aliphatic heterocycles. The van der Waals surface area contributed by atoms with Gasteiger partial charge in [-0.1, -0.05) is 36.0 Å².